The van der Waals surface area contributed by atoms with E-state index in [1.807, 2.05) is 39.0 Å². The van der Waals surface area contributed by atoms with Gasteiger partial charge in [0.2, 0.25) is 0 Å². The van der Waals surface area contributed by atoms with Crippen LogP contribution in [0.25, 0.3) is 11.3 Å². The molecule has 1 aromatic carbocycles. The fourth-order valence-electron chi connectivity index (χ4n) is 2.00. The van der Waals surface area contributed by atoms with E-state index in [4.69, 9.17) is 9.84 Å². The van der Waals surface area contributed by atoms with Crippen LogP contribution in [0.2, 0.25) is 0 Å². The van der Waals surface area contributed by atoms with E-state index in [-0.39, 0.29) is 11.8 Å². The number of aromatic carboxylic acids is 1. The summed E-state index contributed by atoms with van der Waals surface area (Å²) in [6, 6.07) is 7.30. The van der Waals surface area contributed by atoms with E-state index < -0.39 is 5.97 Å². The molecule has 106 valence electrons. The molecule has 5 heteroatoms. The molecular weight excluding hydrogens is 256 g/mol. The molecule has 0 bridgehead atoms. The minimum atomic E-state index is -0.984. The van der Waals surface area contributed by atoms with E-state index in [0.717, 1.165) is 16.9 Å². The summed E-state index contributed by atoms with van der Waals surface area (Å²) in [4.78, 5) is 11.0. The van der Waals surface area contributed by atoms with Gasteiger partial charge in [-0.3, -0.25) is 4.68 Å². The average Bonchev–Trinajstić information content (AvgIpc) is 2.73. The summed E-state index contributed by atoms with van der Waals surface area (Å²) in [5.74, 6) is -0.152. The van der Waals surface area contributed by atoms with Crippen LogP contribution >= 0.6 is 0 Å². The monoisotopic (exact) mass is 274 g/mol. The number of rotatable bonds is 4. The fraction of sp³-hybridized carbons (Fsp3) is 0.333. The maximum atomic E-state index is 11.0. The molecule has 0 spiro atoms. The Morgan fingerprint density at radius 1 is 1.35 bits per heavy atom. The molecule has 0 aliphatic rings. The smallest absolute Gasteiger partial charge is 0.354 e. The lowest BCUT2D eigenvalue weighted by Crippen LogP contribution is -2.06. The first-order chi connectivity index (χ1) is 9.38. The minimum Gasteiger partial charge on any atom is -0.491 e. The van der Waals surface area contributed by atoms with Crippen LogP contribution in [0.1, 0.15) is 29.9 Å². The summed E-state index contributed by atoms with van der Waals surface area (Å²) in [5.41, 5.74) is 2.68. The number of carboxylic acids is 1. The highest BCUT2D eigenvalue weighted by atomic mass is 16.5. The van der Waals surface area contributed by atoms with E-state index in [2.05, 4.69) is 5.10 Å². The van der Waals surface area contributed by atoms with Crippen molar-refractivity contribution in [3.8, 4) is 17.0 Å². The lowest BCUT2D eigenvalue weighted by atomic mass is 10.1. The van der Waals surface area contributed by atoms with Crippen molar-refractivity contribution in [2.45, 2.75) is 26.9 Å². The Balaban J connectivity index is 2.36. The van der Waals surface area contributed by atoms with Crippen LogP contribution in [0.5, 0.6) is 5.75 Å². The number of aromatic nitrogens is 2. The molecular formula is C15H18N2O3. The van der Waals surface area contributed by atoms with E-state index >= 15 is 0 Å². The normalized spacial score (nSPS) is 10.8. The van der Waals surface area contributed by atoms with E-state index in [1.165, 1.54) is 4.68 Å². The molecule has 1 aromatic heterocycles. The van der Waals surface area contributed by atoms with Crippen LogP contribution in [0.4, 0.5) is 0 Å². The zero-order valence-corrected chi connectivity index (χ0v) is 12.0. The van der Waals surface area contributed by atoms with Gasteiger partial charge in [-0.05, 0) is 50.6 Å². The topological polar surface area (TPSA) is 64.3 Å². The maximum absolute atomic E-state index is 11.0. The Morgan fingerprint density at radius 2 is 2.05 bits per heavy atom. The van der Waals surface area contributed by atoms with E-state index in [9.17, 15) is 4.79 Å². The van der Waals surface area contributed by atoms with Crippen LogP contribution in [-0.4, -0.2) is 27.0 Å². The number of hydrogen-bond acceptors (Lipinski definition) is 3. The lowest BCUT2D eigenvalue weighted by molar-refractivity contribution is 0.0685. The molecule has 0 saturated carbocycles. The van der Waals surface area contributed by atoms with Crippen LogP contribution in [0, 0.1) is 6.92 Å². The van der Waals surface area contributed by atoms with Crippen LogP contribution in [-0.2, 0) is 7.05 Å². The molecule has 0 aliphatic carbocycles. The van der Waals surface area contributed by atoms with Crippen LogP contribution in [0.15, 0.2) is 24.3 Å². The third-order valence-corrected chi connectivity index (χ3v) is 2.93. The number of ether oxygens (including phenoxy) is 1. The summed E-state index contributed by atoms with van der Waals surface area (Å²) < 4.78 is 7.05. The third-order valence-electron chi connectivity index (χ3n) is 2.93. The van der Waals surface area contributed by atoms with Gasteiger partial charge in [-0.15, -0.1) is 0 Å². The summed E-state index contributed by atoms with van der Waals surface area (Å²) in [6.45, 7) is 5.92. The second-order valence-corrected chi connectivity index (χ2v) is 4.99. The Morgan fingerprint density at radius 3 is 2.55 bits per heavy atom. The quantitative estimate of drug-likeness (QED) is 0.931. The standard InChI is InChI=1S/C15H18N2O3/c1-9(2)20-14-6-5-11(7-10(14)3)12-8-13(15(18)19)17(4)16-12/h5-9H,1-4H3,(H,18,19). The van der Waals surface area contributed by atoms with E-state index in [1.54, 1.807) is 13.1 Å². The molecule has 0 unspecified atom stereocenters. The Labute approximate surface area is 117 Å². The first-order valence-electron chi connectivity index (χ1n) is 6.43. The van der Waals surface area contributed by atoms with Crippen molar-refractivity contribution in [1.82, 2.24) is 9.78 Å². The maximum Gasteiger partial charge on any atom is 0.354 e. The van der Waals surface area contributed by atoms with E-state index in [0.29, 0.717) is 5.69 Å². The number of nitrogens with zero attached hydrogens (tertiary/aromatic N) is 2. The van der Waals surface area contributed by atoms with Crippen molar-refractivity contribution >= 4 is 5.97 Å². The Kier molecular flexibility index (Phi) is 3.79. The van der Waals surface area contributed by atoms with Gasteiger partial charge in [0.15, 0.2) is 0 Å². The Bertz CT molecular complexity index is 645. The predicted octanol–water partition coefficient (Wildman–Crippen LogP) is 2.88. The molecule has 0 saturated heterocycles. The summed E-state index contributed by atoms with van der Waals surface area (Å²) in [7, 11) is 1.62. The second-order valence-electron chi connectivity index (χ2n) is 4.99. The van der Waals surface area contributed by atoms with Gasteiger partial charge in [-0.2, -0.15) is 5.10 Å². The Hall–Kier alpha value is -2.30. The van der Waals surface area contributed by atoms with Gasteiger partial charge in [-0.1, -0.05) is 0 Å². The largest absolute Gasteiger partial charge is 0.491 e. The summed E-state index contributed by atoms with van der Waals surface area (Å²) in [6.07, 6.45) is 0.119. The molecule has 0 amide bonds. The molecule has 1 heterocycles. The number of aryl methyl sites for hydroxylation is 2. The highest BCUT2D eigenvalue weighted by Crippen LogP contribution is 2.26. The van der Waals surface area contributed by atoms with Gasteiger partial charge < -0.3 is 9.84 Å². The molecule has 1 N–H and O–H groups in total. The number of hydrogen-bond donors (Lipinski definition) is 1. The van der Waals surface area contributed by atoms with Crippen molar-refractivity contribution in [2.24, 2.45) is 7.05 Å². The van der Waals surface area contributed by atoms with Crippen molar-refractivity contribution in [2.75, 3.05) is 0 Å². The number of carbonyl (C=O) groups is 1. The average molecular weight is 274 g/mol. The first kappa shape index (κ1) is 14.1. The highest BCUT2D eigenvalue weighted by molar-refractivity contribution is 5.87. The van der Waals surface area contributed by atoms with Gasteiger partial charge in [0.05, 0.1) is 11.8 Å². The van der Waals surface area contributed by atoms with Gasteiger partial charge in [0.25, 0.3) is 0 Å². The number of benzene rings is 1. The predicted molar refractivity (Wildman–Crippen MR) is 76.1 cm³/mol. The lowest BCUT2D eigenvalue weighted by Gasteiger charge is -2.12. The van der Waals surface area contributed by atoms with Crippen LogP contribution < -0.4 is 4.74 Å². The van der Waals surface area contributed by atoms with Gasteiger partial charge >= 0.3 is 5.97 Å². The van der Waals surface area contributed by atoms with Crippen molar-refractivity contribution < 1.29 is 14.6 Å². The van der Waals surface area contributed by atoms with Crippen molar-refractivity contribution in [3.05, 3.63) is 35.5 Å². The molecule has 20 heavy (non-hydrogen) atoms. The number of carboxylic acid groups (broad SMARTS) is 1. The second kappa shape index (κ2) is 5.36. The van der Waals surface area contributed by atoms with Gasteiger partial charge in [0.1, 0.15) is 11.4 Å². The zero-order valence-electron chi connectivity index (χ0n) is 12.0. The van der Waals surface area contributed by atoms with Gasteiger partial charge in [0, 0.05) is 12.6 Å². The van der Waals surface area contributed by atoms with Gasteiger partial charge in [-0.25, -0.2) is 4.79 Å². The SMILES string of the molecule is Cc1cc(-c2cc(C(=O)O)n(C)n2)ccc1OC(C)C. The highest BCUT2D eigenvalue weighted by Gasteiger charge is 2.13. The third kappa shape index (κ3) is 2.82. The molecule has 0 fully saturated rings. The van der Waals surface area contributed by atoms with Crippen molar-refractivity contribution in [3.63, 3.8) is 0 Å². The summed E-state index contributed by atoms with van der Waals surface area (Å²) in [5, 5.41) is 13.3. The fourth-order valence-corrected chi connectivity index (χ4v) is 2.00. The molecule has 2 aromatic rings. The molecule has 0 atom stereocenters. The minimum absolute atomic E-state index is 0.119. The molecule has 0 radical (unpaired) electrons. The molecule has 5 nitrogen and oxygen atoms in total. The first-order valence-corrected chi connectivity index (χ1v) is 6.43. The zero-order chi connectivity index (χ0) is 14.9. The van der Waals surface area contributed by atoms with Crippen molar-refractivity contribution in [1.29, 1.82) is 0 Å². The summed E-state index contributed by atoms with van der Waals surface area (Å²) >= 11 is 0. The van der Waals surface area contributed by atoms with Crippen LogP contribution in [0.3, 0.4) is 0 Å². The molecule has 0 aliphatic heterocycles. The molecule has 2 rings (SSSR count).